The molecule has 0 radical (unpaired) electrons. The summed E-state index contributed by atoms with van der Waals surface area (Å²) in [6, 6.07) is 13.7. The minimum absolute atomic E-state index is 0.0228. The highest BCUT2D eigenvalue weighted by Gasteiger charge is 2.30. The Morgan fingerprint density at radius 3 is 2.10 bits per heavy atom. The number of ether oxygens (including phenoxy) is 4. The van der Waals surface area contributed by atoms with Gasteiger partial charge in [0.05, 0.1) is 50.3 Å². The van der Waals surface area contributed by atoms with Crippen LogP contribution in [0.5, 0.6) is 11.8 Å². The first-order valence-electron chi connectivity index (χ1n) is 19.8. The molecule has 16 nitrogen and oxygen atoms in total. The zero-order valence-electron chi connectivity index (χ0n) is 36.1. The summed E-state index contributed by atoms with van der Waals surface area (Å²) >= 11 is 7.08. The number of carbonyl (C=O) groups excluding carboxylic acids is 4. The largest absolute Gasteiger partial charge is 0.481 e. The Kier molecular flexibility index (Phi) is 14.8. The molecule has 61 heavy (non-hydrogen) atoms. The highest BCUT2D eigenvalue weighted by molar-refractivity contribution is 6.35. The van der Waals surface area contributed by atoms with Gasteiger partial charge in [-0.25, -0.2) is 19.6 Å². The molecule has 0 bridgehead atoms. The van der Waals surface area contributed by atoms with Crippen LogP contribution in [0.25, 0.3) is 22.5 Å². The lowest BCUT2D eigenvalue weighted by molar-refractivity contribution is -0.119. The van der Waals surface area contributed by atoms with Gasteiger partial charge in [-0.05, 0) is 96.8 Å². The molecule has 0 saturated carbocycles. The predicted octanol–water partition coefficient (Wildman–Crippen LogP) is 7.18. The molecule has 17 heteroatoms. The van der Waals surface area contributed by atoms with Crippen molar-refractivity contribution in [2.24, 2.45) is 0 Å². The summed E-state index contributed by atoms with van der Waals surface area (Å²) in [7, 11) is 2.91. The molecule has 3 N–H and O–H groups in total. The van der Waals surface area contributed by atoms with Crippen molar-refractivity contribution < 1.29 is 43.2 Å². The number of aromatic nitrogens is 3. The number of pyridine rings is 3. The highest BCUT2D eigenvalue weighted by Crippen LogP contribution is 2.38. The van der Waals surface area contributed by atoms with Gasteiger partial charge in [0.15, 0.2) is 0 Å². The van der Waals surface area contributed by atoms with Gasteiger partial charge in [-0.2, -0.15) is 0 Å². The van der Waals surface area contributed by atoms with Crippen molar-refractivity contribution in [3.05, 3.63) is 82.1 Å². The molecule has 3 aromatic heterocycles. The molecule has 326 valence electrons. The number of nitrogens with zero attached hydrogens (tertiary/aromatic N) is 5. The van der Waals surface area contributed by atoms with Crippen LogP contribution in [0.1, 0.15) is 81.6 Å². The Bertz CT molecular complexity index is 2260. The van der Waals surface area contributed by atoms with Crippen molar-refractivity contribution in [2.75, 3.05) is 39.2 Å². The van der Waals surface area contributed by atoms with Crippen LogP contribution < -0.4 is 20.1 Å². The maximum Gasteiger partial charge on any atom is 0.410 e. The van der Waals surface area contributed by atoms with E-state index in [9.17, 15) is 24.3 Å². The van der Waals surface area contributed by atoms with Gasteiger partial charge in [0.1, 0.15) is 16.9 Å². The number of rotatable bonds is 14. The number of amides is 4. The first-order valence-corrected chi connectivity index (χ1v) is 20.2. The molecule has 1 aliphatic heterocycles. The van der Waals surface area contributed by atoms with Crippen LogP contribution in [-0.2, 0) is 27.4 Å². The van der Waals surface area contributed by atoms with Crippen LogP contribution in [0.3, 0.4) is 0 Å². The summed E-state index contributed by atoms with van der Waals surface area (Å²) in [5.41, 5.74) is 3.10. The molecule has 5 rings (SSSR count). The van der Waals surface area contributed by atoms with E-state index in [0.29, 0.717) is 62.8 Å². The van der Waals surface area contributed by atoms with Gasteiger partial charge in [-0.15, -0.1) is 0 Å². The lowest BCUT2D eigenvalue weighted by Crippen LogP contribution is -2.43. The molecule has 1 aromatic carbocycles. The second kappa shape index (κ2) is 19.6. The van der Waals surface area contributed by atoms with E-state index in [1.165, 1.54) is 30.1 Å². The van der Waals surface area contributed by atoms with Gasteiger partial charge in [0, 0.05) is 59.7 Å². The van der Waals surface area contributed by atoms with Gasteiger partial charge in [0.25, 0.3) is 5.91 Å². The SMILES string of the molecule is COc1nc(C(=O)Nc2cccc(-c3nccc(-c4ccc(CN(C[C@@H]5CCC(=O)N5)C(=O)OC(C)(C)C)c(OC)n4)c3Cl)c2C)ccc1CN(CCO)C(=O)OC(C)(C)C. The van der Waals surface area contributed by atoms with Crippen LogP contribution in [0, 0.1) is 6.92 Å². The first kappa shape index (κ1) is 46.1. The minimum Gasteiger partial charge on any atom is -0.481 e. The molecule has 0 aliphatic carbocycles. The molecule has 1 aliphatic rings. The number of aliphatic hydroxyl groups excluding tert-OH is 1. The molecule has 4 aromatic rings. The number of carbonyl (C=O) groups is 4. The van der Waals surface area contributed by atoms with Gasteiger partial charge in [-0.3, -0.25) is 14.6 Å². The molecule has 0 spiro atoms. The third-order valence-electron chi connectivity index (χ3n) is 9.42. The predicted molar refractivity (Wildman–Crippen MR) is 229 cm³/mol. The molecule has 0 unspecified atom stereocenters. The van der Waals surface area contributed by atoms with Crippen molar-refractivity contribution >= 4 is 41.3 Å². The summed E-state index contributed by atoms with van der Waals surface area (Å²) in [6.07, 6.45) is 1.49. The topological polar surface area (TPSA) is 195 Å². The third kappa shape index (κ3) is 12.1. The number of aliphatic hydroxyl groups is 1. The third-order valence-corrected chi connectivity index (χ3v) is 9.80. The maximum absolute atomic E-state index is 13.6. The van der Waals surface area contributed by atoms with E-state index < -0.39 is 29.3 Å². The van der Waals surface area contributed by atoms with Gasteiger partial charge in [-0.1, -0.05) is 23.7 Å². The van der Waals surface area contributed by atoms with Gasteiger partial charge in [0.2, 0.25) is 17.7 Å². The maximum atomic E-state index is 13.6. The molecule has 1 saturated heterocycles. The average Bonchev–Trinajstić information content (AvgIpc) is 3.61. The second-order valence-electron chi connectivity index (χ2n) is 16.5. The van der Waals surface area contributed by atoms with Crippen LogP contribution in [-0.4, -0.2) is 105 Å². The molecule has 1 fully saturated rings. The molecular formula is C44H54ClN7O9. The summed E-state index contributed by atoms with van der Waals surface area (Å²) in [5, 5.41) is 15.7. The van der Waals surface area contributed by atoms with Crippen LogP contribution in [0.4, 0.5) is 15.3 Å². The van der Waals surface area contributed by atoms with E-state index in [-0.39, 0.29) is 62.2 Å². The Morgan fingerprint density at radius 2 is 1.49 bits per heavy atom. The highest BCUT2D eigenvalue weighted by atomic mass is 35.5. The fourth-order valence-corrected chi connectivity index (χ4v) is 6.87. The lowest BCUT2D eigenvalue weighted by atomic mass is 10.0. The standard InChI is InChI=1S/C44H54ClN7O9/c1-26-30(11-10-12-32(26)48-38(55)34-17-14-27(40(50-34)59-9)23-51(21-22-53)41(56)60-43(2,3)4)37-36(45)31(19-20-46-37)33-16-13-28(39(49-33)58-8)24-52(42(57)61-44(5,6)7)25-29-15-18-35(54)47-29/h10-14,16-17,19-20,29,53H,15,18,21-25H2,1-9H3,(H,47,54)(H,48,55)/t29-/m0/s1. The average molecular weight is 860 g/mol. The number of anilines is 1. The first-order chi connectivity index (χ1) is 28.8. The van der Waals surface area contributed by atoms with Crippen molar-refractivity contribution in [3.63, 3.8) is 0 Å². The molecule has 4 heterocycles. The monoisotopic (exact) mass is 859 g/mol. The van der Waals surface area contributed by atoms with Crippen molar-refractivity contribution in [2.45, 2.75) is 91.6 Å². The number of methoxy groups -OCH3 is 2. The smallest absolute Gasteiger partial charge is 0.410 e. The fraction of sp³-hybridized carbons (Fsp3) is 0.432. The van der Waals surface area contributed by atoms with E-state index in [1.54, 1.807) is 78.1 Å². The number of nitrogens with one attached hydrogen (secondary N) is 2. The van der Waals surface area contributed by atoms with E-state index >= 15 is 0 Å². The summed E-state index contributed by atoms with van der Waals surface area (Å²) in [4.78, 5) is 68.3. The Morgan fingerprint density at radius 1 is 0.869 bits per heavy atom. The quantitative estimate of drug-likeness (QED) is 0.116. The van der Waals surface area contributed by atoms with E-state index in [2.05, 4.69) is 20.6 Å². The van der Waals surface area contributed by atoms with Crippen molar-refractivity contribution in [3.8, 4) is 34.3 Å². The van der Waals surface area contributed by atoms with Crippen molar-refractivity contribution in [1.82, 2.24) is 30.1 Å². The molecule has 1 atom stereocenters. The Labute approximate surface area is 360 Å². The lowest BCUT2D eigenvalue weighted by Gasteiger charge is -2.29. The molecule has 4 amide bonds. The van der Waals surface area contributed by atoms with Crippen LogP contribution in [0.15, 0.2) is 54.7 Å². The van der Waals surface area contributed by atoms with E-state index in [1.807, 2.05) is 19.1 Å². The zero-order chi connectivity index (χ0) is 44.6. The molecular weight excluding hydrogens is 806 g/mol. The fourth-order valence-electron chi connectivity index (χ4n) is 6.56. The van der Waals surface area contributed by atoms with Gasteiger partial charge < -0.3 is 44.5 Å². The van der Waals surface area contributed by atoms with Crippen molar-refractivity contribution in [1.29, 1.82) is 0 Å². The van der Waals surface area contributed by atoms with E-state index in [0.717, 1.165) is 0 Å². The number of hydrogen-bond acceptors (Lipinski definition) is 12. The normalized spacial score (nSPS) is 13.9. The van der Waals surface area contributed by atoms with Crippen LogP contribution >= 0.6 is 11.6 Å². The van der Waals surface area contributed by atoms with E-state index in [4.69, 9.17) is 35.5 Å². The number of halogens is 1. The number of benzene rings is 1. The summed E-state index contributed by atoms with van der Waals surface area (Å²) < 4.78 is 22.4. The Balaban J connectivity index is 1.37. The van der Waals surface area contributed by atoms with Gasteiger partial charge >= 0.3 is 12.2 Å². The second-order valence-corrected chi connectivity index (χ2v) is 16.9. The summed E-state index contributed by atoms with van der Waals surface area (Å²) in [5.74, 6) is -0.149. The minimum atomic E-state index is -0.735. The number of hydrogen-bond donors (Lipinski definition) is 3. The summed E-state index contributed by atoms with van der Waals surface area (Å²) in [6.45, 7) is 12.6. The zero-order valence-corrected chi connectivity index (χ0v) is 36.8. The van der Waals surface area contributed by atoms with Crippen LogP contribution in [0.2, 0.25) is 5.02 Å². The Hall–Kier alpha value is -6.00.